The fourth-order valence-electron chi connectivity index (χ4n) is 1.74. The van der Waals surface area contributed by atoms with E-state index in [0.717, 1.165) is 11.4 Å². The SMILES string of the molecule is Cc1cc(C)n(CCC(=O)Nc2n[nH]c(C(F)(F)F)n2)n1. The largest absolute Gasteiger partial charge is 0.451 e. The Labute approximate surface area is 117 Å². The molecule has 0 aromatic carbocycles. The summed E-state index contributed by atoms with van der Waals surface area (Å²) in [5.41, 5.74) is 1.73. The molecule has 114 valence electrons. The van der Waals surface area contributed by atoms with Crippen LogP contribution in [-0.4, -0.2) is 30.9 Å². The Morgan fingerprint density at radius 1 is 1.43 bits per heavy atom. The number of rotatable bonds is 4. The van der Waals surface area contributed by atoms with E-state index in [1.165, 1.54) is 0 Å². The summed E-state index contributed by atoms with van der Waals surface area (Å²) in [6, 6.07) is 1.86. The zero-order chi connectivity index (χ0) is 15.6. The number of hydrogen-bond donors (Lipinski definition) is 2. The lowest BCUT2D eigenvalue weighted by Crippen LogP contribution is -2.16. The number of halogens is 3. The maximum atomic E-state index is 12.3. The molecular formula is C11H13F3N6O. The number of H-pyrrole nitrogens is 1. The number of hydrogen-bond acceptors (Lipinski definition) is 4. The predicted octanol–water partition coefficient (Wildman–Crippen LogP) is 1.67. The fourth-order valence-corrected chi connectivity index (χ4v) is 1.74. The molecule has 0 aliphatic heterocycles. The van der Waals surface area contributed by atoms with Crippen LogP contribution in [0.3, 0.4) is 0 Å². The molecule has 10 heteroatoms. The van der Waals surface area contributed by atoms with E-state index in [2.05, 4.69) is 20.5 Å². The third kappa shape index (κ3) is 3.80. The molecule has 0 aliphatic carbocycles. The number of nitrogens with zero attached hydrogens (tertiary/aromatic N) is 4. The van der Waals surface area contributed by atoms with Gasteiger partial charge in [-0.1, -0.05) is 0 Å². The van der Waals surface area contributed by atoms with Gasteiger partial charge in [-0.2, -0.15) is 23.3 Å². The molecule has 0 spiro atoms. The molecule has 0 saturated heterocycles. The highest BCUT2D eigenvalue weighted by Gasteiger charge is 2.35. The Bertz CT molecular complexity index is 645. The first kappa shape index (κ1) is 15.0. The summed E-state index contributed by atoms with van der Waals surface area (Å²) < 4.78 is 38.5. The molecular weight excluding hydrogens is 289 g/mol. The smallest absolute Gasteiger partial charge is 0.293 e. The number of carbonyl (C=O) groups is 1. The topological polar surface area (TPSA) is 88.5 Å². The van der Waals surface area contributed by atoms with Gasteiger partial charge < -0.3 is 0 Å². The zero-order valence-corrected chi connectivity index (χ0v) is 11.3. The van der Waals surface area contributed by atoms with Crippen LogP contribution in [0.2, 0.25) is 0 Å². The van der Waals surface area contributed by atoms with Crippen molar-refractivity contribution >= 4 is 11.9 Å². The number of aryl methyl sites for hydroxylation is 3. The molecule has 1 amide bonds. The van der Waals surface area contributed by atoms with Crippen LogP contribution in [0, 0.1) is 13.8 Å². The summed E-state index contributed by atoms with van der Waals surface area (Å²) in [5, 5.41) is 11.4. The molecule has 2 N–H and O–H groups in total. The van der Waals surface area contributed by atoms with Crippen molar-refractivity contribution in [3.05, 3.63) is 23.3 Å². The highest BCUT2D eigenvalue weighted by atomic mass is 19.4. The Kier molecular flexibility index (Phi) is 3.96. The van der Waals surface area contributed by atoms with Crippen LogP contribution in [-0.2, 0) is 17.5 Å². The average Bonchev–Trinajstić information content (AvgIpc) is 2.93. The first-order valence-electron chi connectivity index (χ1n) is 6.06. The Morgan fingerprint density at radius 2 is 2.14 bits per heavy atom. The maximum Gasteiger partial charge on any atom is 0.451 e. The molecule has 0 radical (unpaired) electrons. The second-order valence-electron chi connectivity index (χ2n) is 4.45. The second kappa shape index (κ2) is 5.54. The molecule has 0 saturated carbocycles. The molecule has 0 atom stereocenters. The summed E-state index contributed by atoms with van der Waals surface area (Å²) in [5.74, 6) is -2.15. The Hall–Kier alpha value is -2.39. The highest BCUT2D eigenvalue weighted by Crippen LogP contribution is 2.26. The first-order chi connectivity index (χ1) is 9.75. The number of carbonyl (C=O) groups excluding carboxylic acids is 1. The number of aromatic amines is 1. The van der Waals surface area contributed by atoms with E-state index in [1.807, 2.05) is 19.9 Å². The van der Waals surface area contributed by atoms with Crippen molar-refractivity contribution in [2.75, 3.05) is 5.32 Å². The van der Waals surface area contributed by atoms with Crippen LogP contribution < -0.4 is 5.32 Å². The summed E-state index contributed by atoms with van der Waals surface area (Å²) >= 11 is 0. The van der Waals surface area contributed by atoms with Gasteiger partial charge in [-0.05, 0) is 19.9 Å². The van der Waals surface area contributed by atoms with Crippen molar-refractivity contribution in [2.24, 2.45) is 0 Å². The van der Waals surface area contributed by atoms with E-state index in [1.54, 1.807) is 9.78 Å². The van der Waals surface area contributed by atoms with Crippen molar-refractivity contribution in [2.45, 2.75) is 33.0 Å². The van der Waals surface area contributed by atoms with E-state index in [9.17, 15) is 18.0 Å². The third-order valence-corrected chi connectivity index (χ3v) is 2.66. The first-order valence-corrected chi connectivity index (χ1v) is 6.06. The number of nitrogens with one attached hydrogen (secondary N) is 2. The quantitative estimate of drug-likeness (QED) is 0.899. The molecule has 0 unspecified atom stereocenters. The highest BCUT2D eigenvalue weighted by molar-refractivity contribution is 5.88. The normalized spacial score (nSPS) is 11.7. The Morgan fingerprint density at radius 3 is 2.67 bits per heavy atom. The number of alkyl halides is 3. The van der Waals surface area contributed by atoms with Crippen molar-refractivity contribution in [1.82, 2.24) is 25.0 Å². The van der Waals surface area contributed by atoms with E-state index < -0.39 is 23.9 Å². The van der Waals surface area contributed by atoms with Crippen LogP contribution in [0.1, 0.15) is 23.6 Å². The van der Waals surface area contributed by atoms with Gasteiger partial charge in [-0.25, -0.2) is 0 Å². The van der Waals surface area contributed by atoms with Crippen LogP contribution in [0.4, 0.5) is 19.1 Å². The molecule has 2 aromatic rings. The summed E-state index contributed by atoms with van der Waals surface area (Å²) in [7, 11) is 0. The van der Waals surface area contributed by atoms with Gasteiger partial charge in [0.25, 0.3) is 0 Å². The molecule has 0 fully saturated rings. The fraction of sp³-hybridized carbons (Fsp3) is 0.455. The van der Waals surface area contributed by atoms with Crippen molar-refractivity contribution in [1.29, 1.82) is 0 Å². The van der Waals surface area contributed by atoms with Gasteiger partial charge >= 0.3 is 6.18 Å². The second-order valence-corrected chi connectivity index (χ2v) is 4.45. The van der Waals surface area contributed by atoms with E-state index in [4.69, 9.17) is 0 Å². The standard InChI is InChI=1S/C11H13F3N6O/c1-6-5-7(2)20(19-6)4-3-8(21)15-10-16-9(17-18-10)11(12,13)14/h5H,3-4H2,1-2H3,(H2,15,16,17,18,21). The van der Waals surface area contributed by atoms with Crippen LogP contribution in [0.25, 0.3) is 0 Å². The van der Waals surface area contributed by atoms with Gasteiger partial charge in [0, 0.05) is 18.7 Å². The maximum absolute atomic E-state index is 12.3. The van der Waals surface area contributed by atoms with Gasteiger partial charge in [-0.15, -0.1) is 5.10 Å². The number of amides is 1. The van der Waals surface area contributed by atoms with E-state index in [-0.39, 0.29) is 6.42 Å². The van der Waals surface area contributed by atoms with E-state index >= 15 is 0 Å². The number of aromatic nitrogens is 5. The summed E-state index contributed by atoms with van der Waals surface area (Å²) in [6.45, 7) is 4.00. The molecule has 21 heavy (non-hydrogen) atoms. The monoisotopic (exact) mass is 302 g/mol. The molecule has 0 aliphatic rings. The minimum absolute atomic E-state index is 0.0534. The third-order valence-electron chi connectivity index (χ3n) is 2.66. The van der Waals surface area contributed by atoms with Gasteiger partial charge in [-0.3, -0.25) is 19.9 Å². The molecule has 2 aromatic heterocycles. The van der Waals surface area contributed by atoms with Gasteiger partial charge in [0.1, 0.15) is 0 Å². The average molecular weight is 302 g/mol. The van der Waals surface area contributed by atoms with E-state index in [0.29, 0.717) is 6.54 Å². The zero-order valence-electron chi connectivity index (χ0n) is 11.3. The minimum Gasteiger partial charge on any atom is -0.293 e. The van der Waals surface area contributed by atoms with Crippen molar-refractivity contribution in [3.63, 3.8) is 0 Å². The van der Waals surface area contributed by atoms with Crippen LogP contribution in [0.15, 0.2) is 6.07 Å². The lowest BCUT2D eigenvalue weighted by atomic mass is 10.3. The lowest BCUT2D eigenvalue weighted by Gasteiger charge is -2.04. The van der Waals surface area contributed by atoms with Crippen LogP contribution >= 0.6 is 0 Å². The Balaban J connectivity index is 1.90. The van der Waals surface area contributed by atoms with Crippen molar-refractivity contribution < 1.29 is 18.0 Å². The predicted molar refractivity (Wildman–Crippen MR) is 66.3 cm³/mol. The summed E-state index contributed by atoms with van der Waals surface area (Å²) in [6.07, 6.45) is -4.57. The van der Waals surface area contributed by atoms with Gasteiger partial charge in [0.2, 0.25) is 17.7 Å². The lowest BCUT2D eigenvalue weighted by molar-refractivity contribution is -0.144. The molecule has 2 heterocycles. The molecule has 2 rings (SSSR count). The molecule has 0 bridgehead atoms. The van der Waals surface area contributed by atoms with Crippen molar-refractivity contribution in [3.8, 4) is 0 Å². The van der Waals surface area contributed by atoms with Gasteiger partial charge in [0.05, 0.1) is 5.69 Å². The van der Waals surface area contributed by atoms with Gasteiger partial charge in [0.15, 0.2) is 0 Å². The summed E-state index contributed by atoms with van der Waals surface area (Å²) in [4.78, 5) is 14.8. The molecule has 7 nitrogen and oxygen atoms in total. The number of anilines is 1. The van der Waals surface area contributed by atoms with Crippen LogP contribution in [0.5, 0.6) is 0 Å². The minimum atomic E-state index is -4.63.